The van der Waals surface area contributed by atoms with E-state index in [1.165, 1.54) is 0 Å². The fraction of sp³-hybridized carbons (Fsp3) is 0.350. The lowest BCUT2D eigenvalue weighted by atomic mass is 10.0. The van der Waals surface area contributed by atoms with Crippen molar-refractivity contribution in [2.75, 3.05) is 27.4 Å². The molecule has 0 unspecified atom stereocenters. The number of nitrogens with one attached hydrogen (secondary N) is 1. The van der Waals surface area contributed by atoms with E-state index in [1.807, 2.05) is 66.0 Å². The first-order valence-electron chi connectivity index (χ1n) is 9.26. The second kappa shape index (κ2) is 7.85. The van der Waals surface area contributed by atoms with Crippen LogP contribution in [0.2, 0.25) is 0 Å². The standard InChI is InChI=1S/C20H23N5O3/c1-24(2)19(14-8-9-15-16(12-14)28-13-27-15)20(26)21-10-5-7-18-23-22-17-6-3-4-11-25(17)18/h3-4,6,8-9,11-12,19H,5,7,10,13H2,1-2H3,(H,21,26)/t19-/m1/s1. The monoisotopic (exact) mass is 381 g/mol. The molecule has 28 heavy (non-hydrogen) atoms. The van der Waals surface area contributed by atoms with E-state index in [9.17, 15) is 4.79 Å². The van der Waals surface area contributed by atoms with E-state index in [-0.39, 0.29) is 12.7 Å². The number of likely N-dealkylation sites (N-methyl/N-ethyl adjacent to an activating group) is 1. The third-order valence-corrected chi connectivity index (χ3v) is 4.74. The number of rotatable bonds is 7. The summed E-state index contributed by atoms with van der Waals surface area (Å²) in [6.45, 7) is 0.782. The Bertz CT molecular complexity index is 985. The highest BCUT2D eigenvalue weighted by atomic mass is 16.7. The van der Waals surface area contributed by atoms with E-state index in [2.05, 4.69) is 15.5 Å². The number of fused-ring (bicyclic) bond motifs is 2. The van der Waals surface area contributed by atoms with Crippen molar-refractivity contribution in [2.45, 2.75) is 18.9 Å². The molecule has 0 spiro atoms. The smallest absolute Gasteiger partial charge is 0.241 e. The predicted octanol–water partition coefficient (Wildman–Crippen LogP) is 1.81. The molecule has 0 fully saturated rings. The van der Waals surface area contributed by atoms with E-state index in [1.54, 1.807) is 0 Å². The summed E-state index contributed by atoms with van der Waals surface area (Å²) in [6.07, 6.45) is 3.47. The zero-order valence-electron chi connectivity index (χ0n) is 16.0. The minimum absolute atomic E-state index is 0.0463. The highest BCUT2D eigenvalue weighted by Crippen LogP contribution is 2.35. The minimum atomic E-state index is -0.400. The lowest BCUT2D eigenvalue weighted by molar-refractivity contribution is -0.125. The van der Waals surface area contributed by atoms with E-state index in [4.69, 9.17) is 9.47 Å². The predicted molar refractivity (Wildman–Crippen MR) is 103 cm³/mol. The van der Waals surface area contributed by atoms with Crippen molar-refractivity contribution < 1.29 is 14.3 Å². The van der Waals surface area contributed by atoms with Crippen molar-refractivity contribution in [3.63, 3.8) is 0 Å². The Morgan fingerprint density at radius 2 is 2.07 bits per heavy atom. The fourth-order valence-electron chi connectivity index (χ4n) is 3.38. The zero-order valence-corrected chi connectivity index (χ0v) is 16.0. The fourth-order valence-corrected chi connectivity index (χ4v) is 3.38. The highest BCUT2D eigenvalue weighted by Gasteiger charge is 2.25. The van der Waals surface area contributed by atoms with Crippen molar-refractivity contribution in [3.05, 3.63) is 54.0 Å². The molecular formula is C20H23N5O3. The second-order valence-corrected chi connectivity index (χ2v) is 6.92. The number of aromatic nitrogens is 3. The van der Waals surface area contributed by atoms with Crippen molar-refractivity contribution in [3.8, 4) is 11.5 Å². The van der Waals surface area contributed by atoms with Crippen molar-refractivity contribution >= 4 is 11.6 Å². The molecule has 1 N–H and O–H groups in total. The average Bonchev–Trinajstić information content (AvgIpc) is 3.31. The summed E-state index contributed by atoms with van der Waals surface area (Å²) in [4.78, 5) is 14.7. The summed E-state index contributed by atoms with van der Waals surface area (Å²) in [5.41, 5.74) is 1.70. The summed E-state index contributed by atoms with van der Waals surface area (Å²) < 4.78 is 12.8. The highest BCUT2D eigenvalue weighted by molar-refractivity contribution is 5.83. The lowest BCUT2D eigenvalue weighted by Crippen LogP contribution is -2.37. The van der Waals surface area contributed by atoms with Crippen molar-refractivity contribution in [2.24, 2.45) is 0 Å². The van der Waals surface area contributed by atoms with E-state index >= 15 is 0 Å². The zero-order chi connectivity index (χ0) is 19.5. The molecule has 146 valence electrons. The normalized spacial score (nSPS) is 13.8. The lowest BCUT2D eigenvalue weighted by Gasteiger charge is -2.24. The van der Waals surface area contributed by atoms with Crippen LogP contribution in [0.1, 0.15) is 23.9 Å². The van der Waals surface area contributed by atoms with Crippen LogP contribution in [0.15, 0.2) is 42.6 Å². The summed E-state index contributed by atoms with van der Waals surface area (Å²) in [5, 5.41) is 11.4. The molecule has 0 radical (unpaired) electrons. The number of hydrogen-bond donors (Lipinski definition) is 1. The largest absolute Gasteiger partial charge is 0.454 e. The summed E-state index contributed by atoms with van der Waals surface area (Å²) >= 11 is 0. The molecule has 8 heteroatoms. The quantitative estimate of drug-likeness (QED) is 0.629. The Morgan fingerprint density at radius 3 is 2.93 bits per heavy atom. The van der Waals surface area contributed by atoms with Crippen molar-refractivity contribution in [1.82, 2.24) is 24.8 Å². The molecule has 3 heterocycles. The Hall–Kier alpha value is -3.13. The molecule has 3 aromatic rings. The maximum Gasteiger partial charge on any atom is 0.241 e. The van der Waals surface area contributed by atoms with Crippen LogP contribution in [0.3, 0.4) is 0 Å². The molecular weight excluding hydrogens is 358 g/mol. The number of hydrogen-bond acceptors (Lipinski definition) is 6. The molecule has 0 bridgehead atoms. The molecule has 1 aromatic carbocycles. The molecule has 1 aliphatic heterocycles. The third kappa shape index (κ3) is 3.63. The van der Waals surface area contributed by atoms with Crippen LogP contribution in [0.25, 0.3) is 5.65 Å². The van der Waals surface area contributed by atoms with Crippen LogP contribution in [-0.4, -0.2) is 52.8 Å². The molecule has 1 amide bonds. The number of nitrogens with zero attached hydrogens (tertiary/aromatic N) is 4. The van der Waals surface area contributed by atoms with Gasteiger partial charge in [-0.25, -0.2) is 0 Å². The van der Waals surface area contributed by atoms with Gasteiger partial charge in [-0.15, -0.1) is 10.2 Å². The van der Waals surface area contributed by atoms with Gasteiger partial charge in [-0.05, 0) is 50.3 Å². The van der Waals surface area contributed by atoms with Gasteiger partial charge in [0.05, 0.1) is 0 Å². The van der Waals surface area contributed by atoms with Crippen LogP contribution >= 0.6 is 0 Å². The second-order valence-electron chi connectivity index (χ2n) is 6.92. The van der Waals surface area contributed by atoms with Crippen LogP contribution in [0, 0.1) is 0 Å². The maximum atomic E-state index is 12.8. The molecule has 8 nitrogen and oxygen atoms in total. The van der Waals surface area contributed by atoms with Crippen LogP contribution in [0.4, 0.5) is 0 Å². The van der Waals surface area contributed by atoms with Gasteiger partial charge in [0, 0.05) is 19.2 Å². The van der Waals surface area contributed by atoms with Gasteiger partial charge in [0.2, 0.25) is 12.7 Å². The topological polar surface area (TPSA) is 81.0 Å². The van der Waals surface area contributed by atoms with Crippen molar-refractivity contribution in [1.29, 1.82) is 0 Å². The Morgan fingerprint density at radius 1 is 1.21 bits per heavy atom. The minimum Gasteiger partial charge on any atom is -0.454 e. The molecule has 1 aliphatic rings. The van der Waals surface area contributed by atoms with Gasteiger partial charge >= 0.3 is 0 Å². The first-order valence-corrected chi connectivity index (χ1v) is 9.26. The maximum absolute atomic E-state index is 12.8. The van der Waals surface area contributed by atoms with Gasteiger partial charge in [-0.1, -0.05) is 12.1 Å². The van der Waals surface area contributed by atoms with Crippen LogP contribution in [0.5, 0.6) is 11.5 Å². The molecule has 4 rings (SSSR count). The number of amides is 1. The molecule has 0 saturated carbocycles. The number of carbonyl (C=O) groups excluding carboxylic acids is 1. The van der Waals surface area contributed by atoms with Crippen LogP contribution < -0.4 is 14.8 Å². The SMILES string of the molecule is CN(C)[C@@H](C(=O)NCCCc1nnc2ccccn12)c1ccc2c(c1)OCO2. The summed E-state index contributed by atoms with van der Waals surface area (Å²) in [6, 6.07) is 11.0. The first kappa shape index (κ1) is 18.2. The number of benzene rings is 1. The Labute approximate surface area is 163 Å². The molecule has 0 aliphatic carbocycles. The average molecular weight is 381 g/mol. The third-order valence-electron chi connectivity index (χ3n) is 4.74. The number of ether oxygens (including phenoxy) is 2. The van der Waals surface area contributed by atoms with Crippen LogP contribution in [-0.2, 0) is 11.2 Å². The Kier molecular flexibility index (Phi) is 5.12. The van der Waals surface area contributed by atoms with Gasteiger partial charge in [-0.2, -0.15) is 0 Å². The number of carbonyl (C=O) groups is 1. The molecule has 1 atom stereocenters. The van der Waals surface area contributed by atoms with E-state index in [0.29, 0.717) is 18.0 Å². The van der Waals surface area contributed by atoms with Gasteiger partial charge in [0.15, 0.2) is 17.1 Å². The molecule has 2 aromatic heterocycles. The van der Waals surface area contributed by atoms with Gasteiger partial charge in [0.1, 0.15) is 11.9 Å². The molecule has 0 saturated heterocycles. The van der Waals surface area contributed by atoms with E-state index in [0.717, 1.165) is 29.9 Å². The van der Waals surface area contributed by atoms with E-state index < -0.39 is 6.04 Å². The summed E-state index contributed by atoms with van der Waals surface area (Å²) in [7, 11) is 3.77. The van der Waals surface area contributed by atoms with Gasteiger partial charge < -0.3 is 14.8 Å². The number of aryl methyl sites for hydroxylation is 1. The van der Waals surface area contributed by atoms with Gasteiger partial charge in [0.25, 0.3) is 0 Å². The summed E-state index contributed by atoms with van der Waals surface area (Å²) in [5.74, 6) is 2.23. The first-order chi connectivity index (χ1) is 13.6. The van der Waals surface area contributed by atoms with Gasteiger partial charge in [-0.3, -0.25) is 14.1 Å². The Balaban J connectivity index is 1.36. The number of pyridine rings is 1.